The van der Waals surface area contributed by atoms with E-state index in [2.05, 4.69) is 5.32 Å². The lowest BCUT2D eigenvalue weighted by Crippen LogP contribution is -2.39. The van der Waals surface area contributed by atoms with E-state index in [1.165, 1.54) is 0 Å². The molecule has 0 aromatic carbocycles. The molecular weight excluding hydrogens is 192 g/mol. The zero-order chi connectivity index (χ0) is 11.2. The highest BCUT2D eigenvalue weighted by Gasteiger charge is 2.22. The fraction of sp³-hybridized carbons (Fsp3) is 1.00. The predicted octanol–water partition coefficient (Wildman–Crippen LogP) is 0.611. The molecule has 0 spiro atoms. The number of aliphatic hydroxyl groups excluding tert-OH is 2. The Morgan fingerprint density at radius 3 is 2.36 bits per heavy atom. The van der Waals surface area contributed by atoms with Crippen molar-refractivity contribution < 1.29 is 19.0 Å². The van der Waals surface area contributed by atoms with Crippen molar-refractivity contribution in [3.05, 3.63) is 0 Å². The van der Waals surface area contributed by atoms with E-state index < -0.39 is 12.5 Å². The van der Waals surface area contributed by atoms with Gasteiger partial charge in [-0.3, -0.25) is 0 Å². The van der Waals surface area contributed by atoms with Gasteiger partial charge in [0.2, 0.25) is 0 Å². The number of halogens is 2. The molecule has 0 saturated carbocycles. The molecule has 0 fully saturated rings. The molecule has 0 radical (unpaired) electrons. The molecule has 0 aliphatic heterocycles. The summed E-state index contributed by atoms with van der Waals surface area (Å²) in [6.45, 7) is 4.05. The first-order chi connectivity index (χ1) is 6.45. The summed E-state index contributed by atoms with van der Waals surface area (Å²) in [6.07, 6.45) is -3.60. The van der Waals surface area contributed by atoms with Crippen LogP contribution in [0.4, 0.5) is 8.78 Å². The lowest BCUT2D eigenvalue weighted by molar-refractivity contribution is -0.00527. The lowest BCUT2D eigenvalue weighted by atomic mass is 9.88. The van der Waals surface area contributed by atoms with Crippen LogP contribution in [0.15, 0.2) is 0 Å². The minimum atomic E-state index is -2.72. The Hall–Kier alpha value is -0.260. The second kappa shape index (κ2) is 6.27. The van der Waals surface area contributed by atoms with Gasteiger partial charge in [-0.25, -0.2) is 8.78 Å². The normalized spacial score (nSPS) is 18.2. The number of hydrogen-bond donors (Lipinski definition) is 3. The topological polar surface area (TPSA) is 52.5 Å². The van der Waals surface area contributed by atoms with Gasteiger partial charge in [0, 0.05) is 25.1 Å². The molecule has 0 saturated heterocycles. The van der Waals surface area contributed by atoms with Crippen molar-refractivity contribution in [3.8, 4) is 0 Å². The van der Waals surface area contributed by atoms with Crippen LogP contribution in [0.1, 0.15) is 20.3 Å². The SMILES string of the molecule is CCC(C)(CO)CNCC(O)C(F)F. The molecule has 14 heavy (non-hydrogen) atoms. The molecule has 0 aromatic rings. The summed E-state index contributed by atoms with van der Waals surface area (Å²) in [4.78, 5) is 0. The van der Waals surface area contributed by atoms with Gasteiger partial charge in [0.1, 0.15) is 6.10 Å². The highest BCUT2D eigenvalue weighted by Crippen LogP contribution is 2.18. The monoisotopic (exact) mass is 211 g/mol. The van der Waals surface area contributed by atoms with Crippen molar-refractivity contribution in [2.24, 2.45) is 5.41 Å². The highest BCUT2D eigenvalue weighted by molar-refractivity contribution is 4.75. The quantitative estimate of drug-likeness (QED) is 0.578. The van der Waals surface area contributed by atoms with E-state index in [4.69, 9.17) is 10.2 Å². The Kier molecular flexibility index (Phi) is 6.15. The fourth-order valence-electron chi connectivity index (χ4n) is 0.904. The zero-order valence-corrected chi connectivity index (χ0v) is 8.63. The number of aliphatic hydroxyl groups is 2. The number of rotatable bonds is 7. The average Bonchev–Trinajstić information content (AvgIpc) is 2.17. The van der Waals surface area contributed by atoms with Crippen molar-refractivity contribution >= 4 is 0 Å². The summed E-state index contributed by atoms with van der Waals surface area (Å²) in [6, 6.07) is 0. The molecule has 0 bridgehead atoms. The van der Waals surface area contributed by atoms with Gasteiger partial charge < -0.3 is 15.5 Å². The second-order valence-corrected chi connectivity index (χ2v) is 3.86. The van der Waals surface area contributed by atoms with Gasteiger partial charge in [0.15, 0.2) is 0 Å². The number of alkyl halides is 2. The molecule has 0 aliphatic rings. The van der Waals surface area contributed by atoms with Crippen molar-refractivity contribution in [1.29, 1.82) is 0 Å². The highest BCUT2D eigenvalue weighted by atomic mass is 19.3. The van der Waals surface area contributed by atoms with Gasteiger partial charge in [-0.2, -0.15) is 0 Å². The van der Waals surface area contributed by atoms with Gasteiger partial charge in [0.25, 0.3) is 6.43 Å². The van der Waals surface area contributed by atoms with Gasteiger partial charge in [-0.1, -0.05) is 13.8 Å². The molecule has 0 aromatic heterocycles. The second-order valence-electron chi connectivity index (χ2n) is 3.86. The van der Waals surface area contributed by atoms with Crippen LogP contribution in [-0.2, 0) is 0 Å². The van der Waals surface area contributed by atoms with Crippen LogP contribution in [0.5, 0.6) is 0 Å². The van der Waals surface area contributed by atoms with Crippen LogP contribution < -0.4 is 5.32 Å². The van der Waals surface area contributed by atoms with Gasteiger partial charge in [0.05, 0.1) is 0 Å². The Bertz CT molecular complexity index is 152. The van der Waals surface area contributed by atoms with E-state index in [0.29, 0.717) is 6.54 Å². The molecule has 3 nitrogen and oxygen atoms in total. The van der Waals surface area contributed by atoms with Crippen molar-refractivity contribution in [2.75, 3.05) is 19.7 Å². The summed E-state index contributed by atoms with van der Waals surface area (Å²) in [7, 11) is 0. The summed E-state index contributed by atoms with van der Waals surface area (Å²) >= 11 is 0. The smallest absolute Gasteiger partial charge is 0.265 e. The summed E-state index contributed by atoms with van der Waals surface area (Å²) in [5, 5.41) is 20.5. The summed E-state index contributed by atoms with van der Waals surface area (Å²) < 4.78 is 23.7. The van der Waals surface area contributed by atoms with E-state index in [1.54, 1.807) is 0 Å². The van der Waals surface area contributed by atoms with Crippen molar-refractivity contribution in [1.82, 2.24) is 5.32 Å². The standard InChI is InChI=1S/C9H19F2NO2/c1-3-9(2,6-13)5-12-4-7(14)8(10)11/h7-8,12-14H,3-6H2,1-2H3. The van der Waals surface area contributed by atoms with E-state index in [-0.39, 0.29) is 18.6 Å². The maximum absolute atomic E-state index is 11.9. The molecule has 2 unspecified atom stereocenters. The maximum atomic E-state index is 11.9. The summed E-state index contributed by atoms with van der Waals surface area (Å²) in [5.74, 6) is 0. The molecule has 0 amide bonds. The van der Waals surface area contributed by atoms with Crippen molar-refractivity contribution in [3.63, 3.8) is 0 Å². The molecule has 86 valence electrons. The largest absolute Gasteiger partial charge is 0.396 e. The third kappa shape index (κ3) is 4.83. The third-order valence-electron chi connectivity index (χ3n) is 2.43. The fourth-order valence-corrected chi connectivity index (χ4v) is 0.904. The van der Waals surface area contributed by atoms with E-state index in [1.807, 2.05) is 13.8 Å². The predicted molar refractivity (Wildman–Crippen MR) is 50.4 cm³/mol. The number of hydrogen-bond acceptors (Lipinski definition) is 3. The zero-order valence-electron chi connectivity index (χ0n) is 8.63. The first-order valence-electron chi connectivity index (χ1n) is 4.73. The molecule has 0 heterocycles. The molecule has 2 atom stereocenters. The Morgan fingerprint density at radius 2 is 2.00 bits per heavy atom. The Labute approximate surface area is 83.1 Å². The minimum absolute atomic E-state index is 0.00126. The van der Waals surface area contributed by atoms with Crippen LogP contribution in [0.25, 0.3) is 0 Å². The van der Waals surface area contributed by atoms with Gasteiger partial charge in [-0.05, 0) is 6.42 Å². The Balaban J connectivity index is 3.72. The minimum Gasteiger partial charge on any atom is -0.396 e. The maximum Gasteiger partial charge on any atom is 0.265 e. The van der Waals surface area contributed by atoms with E-state index in [9.17, 15) is 8.78 Å². The van der Waals surface area contributed by atoms with Crippen LogP contribution in [0.3, 0.4) is 0 Å². The first kappa shape index (κ1) is 13.7. The third-order valence-corrected chi connectivity index (χ3v) is 2.43. The molecule has 0 aliphatic carbocycles. The number of nitrogens with one attached hydrogen (secondary N) is 1. The van der Waals surface area contributed by atoms with Gasteiger partial charge >= 0.3 is 0 Å². The molecular formula is C9H19F2NO2. The lowest BCUT2D eigenvalue weighted by Gasteiger charge is -2.26. The van der Waals surface area contributed by atoms with Crippen molar-refractivity contribution in [2.45, 2.75) is 32.8 Å². The van der Waals surface area contributed by atoms with Gasteiger partial charge in [-0.15, -0.1) is 0 Å². The summed E-state index contributed by atoms with van der Waals surface area (Å²) in [5.41, 5.74) is -0.304. The van der Waals surface area contributed by atoms with Crippen LogP contribution in [0, 0.1) is 5.41 Å². The van der Waals surface area contributed by atoms with Crippen LogP contribution >= 0.6 is 0 Å². The van der Waals surface area contributed by atoms with Crippen LogP contribution in [0.2, 0.25) is 0 Å². The molecule has 3 N–H and O–H groups in total. The molecule has 5 heteroatoms. The average molecular weight is 211 g/mol. The Morgan fingerprint density at radius 1 is 1.43 bits per heavy atom. The van der Waals surface area contributed by atoms with Crippen LogP contribution in [-0.4, -0.2) is 42.4 Å². The molecule has 0 rings (SSSR count). The van der Waals surface area contributed by atoms with E-state index >= 15 is 0 Å². The van der Waals surface area contributed by atoms with E-state index in [0.717, 1.165) is 6.42 Å². The first-order valence-corrected chi connectivity index (χ1v) is 4.73.